The molecule has 0 unspecified atom stereocenters. The lowest BCUT2D eigenvalue weighted by Crippen LogP contribution is -1.96. The van der Waals surface area contributed by atoms with Gasteiger partial charge in [-0.1, -0.05) is 24.3 Å². The van der Waals surface area contributed by atoms with Crippen LogP contribution in [0.2, 0.25) is 0 Å². The van der Waals surface area contributed by atoms with Crippen molar-refractivity contribution in [2.75, 3.05) is 6.67 Å². The first-order valence-corrected chi connectivity index (χ1v) is 8.01. The van der Waals surface area contributed by atoms with Crippen LogP contribution in [0.15, 0.2) is 48.5 Å². The standard InChI is InChI=1S/C21H15F5/c1-12-17(23)10-16(11-18(12)24)14-2-4-15(5-3-14)21-19(25)8-13(6-7-22)9-20(21)26/h2-5,8-11H,6-7H2,1H3. The third kappa shape index (κ3) is 3.47. The largest absolute Gasteiger partial charge is 0.251 e. The van der Waals surface area contributed by atoms with Crippen LogP contribution in [0.25, 0.3) is 22.3 Å². The lowest BCUT2D eigenvalue weighted by atomic mass is 9.97. The van der Waals surface area contributed by atoms with Gasteiger partial charge in [0, 0.05) is 12.0 Å². The number of benzene rings is 3. The Balaban J connectivity index is 1.98. The molecule has 0 aromatic heterocycles. The van der Waals surface area contributed by atoms with Crippen LogP contribution in [-0.2, 0) is 6.42 Å². The van der Waals surface area contributed by atoms with Gasteiger partial charge < -0.3 is 0 Å². The summed E-state index contributed by atoms with van der Waals surface area (Å²) in [6.07, 6.45) is -0.0579. The summed E-state index contributed by atoms with van der Waals surface area (Å²) in [6.45, 7) is 0.645. The maximum absolute atomic E-state index is 14.2. The summed E-state index contributed by atoms with van der Waals surface area (Å²) in [5.41, 5.74) is 1.08. The van der Waals surface area contributed by atoms with Crippen molar-refractivity contribution in [2.45, 2.75) is 13.3 Å². The van der Waals surface area contributed by atoms with Crippen molar-refractivity contribution < 1.29 is 22.0 Å². The van der Waals surface area contributed by atoms with E-state index in [0.717, 1.165) is 12.1 Å². The van der Waals surface area contributed by atoms with E-state index in [0.29, 0.717) is 11.1 Å². The van der Waals surface area contributed by atoms with Crippen LogP contribution in [-0.4, -0.2) is 6.67 Å². The number of hydrogen-bond acceptors (Lipinski definition) is 0. The Bertz CT molecular complexity index is 899. The fourth-order valence-corrected chi connectivity index (χ4v) is 2.80. The molecule has 3 aromatic carbocycles. The average Bonchev–Trinajstić information content (AvgIpc) is 2.59. The molecule has 3 aromatic rings. The molecular weight excluding hydrogens is 347 g/mol. The molecule has 0 radical (unpaired) electrons. The first-order chi connectivity index (χ1) is 12.4. The van der Waals surface area contributed by atoms with Gasteiger partial charge in [0.1, 0.15) is 23.3 Å². The zero-order chi connectivity index (χ0) is 18.8. The molecule has 0 spiro atoms. The van der Waals surface area contributed by atoms with Gasteiger partial charge in [0.15, 0.2) is 0 Å². The van der Waals surface area contributed by atoms with E-state index in [1.807, 2.05) is 0 Å². The fourth-order valence-electron chi connectivity index (χ4n) is 2.80. The first-order valence-electron chi connectivity index (χ1n) is 8.01. The van der Waals surface area contributed by atoms with Crippen LogP contribution in [0, 0.1) is 30.2 Å². The Hall–Kier alpha value is -2.69. The normalized spacial score (nSPS) is 11.0. The highest BCUT2D eigenvalue weighted by Crippen LogP contribution is 2.30. The zero-order valence-corrected chi connectivity index (χ0v) is 13.9. The maximum atomic E-state index is 14.2. The summed E-state index contributed by atoms with van der Waals surface area (Å²) in [6, 6.07) is 10.6. The second kappa shape index (κ2) is 7.28. The fraction of sp³-hybridized carbons (Fsp3) is 0.143. The van der Waals surface area contributed by atoms with Crippen LogP contribution in [0.4, 0.5) is 22.0 Å². The summed E-state index contributed by atoms with van der Waals surface area (Å²) >= 11 is 0. The van der Waals surface area contributed by atoms with Crippen molar-refractivity contribution in [3.05, 3.63) is 82.9 Å². The Kier molecular flexibility index (Phi) is 5.07. The molecule has 5 heteroatoms. The molecule has 0 bridgehead atoms. The van der Waals surface area contributed by atoms with E-state index in [1.54, 1.807) is 0 Å². The summed E-state index contributed by atoms with van der Waals surface area (Å²) in [5, 5.41) is 0. The van der Waals surface area contributed by atoms with Crippen LogP contribution in [0.1, 0.15) is 11.1 Å². The monoisotopic (exact) mass is 362 g/mol. The molecule has 0 heterocycles. The predicted molar refractivity (Wildman–Crippen MR) is 91.6 cm³/mol. The van der Waals surface area contributed by atoms with Crippen molar-refractivity contribution in [3.8, 4) is 22.3 Å². The van der Waals surface area contributed by atoms with E-state index >= 15 is 0 Å². The molecule has 0 aliphatic carbocycles. The molecule has 3 rings (SSSR count). The zero-order valence-electron chi connectivity index (χ0n) is 13.9. The topological polar surface area (TPSA) is 0 Å². The molecule has 0 aliphatic rings. The van der Waals surface area contributed by atoms with Gasteiger partial charge >= 0.3 is 0 Å². The minimum absolute atomic E-state index is 0.0579. The SMILES string of the molecule is Cc1c(F)cc(-c2ccc(-c3c(F)cc(CCF)cc3F)cc2)cc1F. The highest BCUT2D eigenvalue weighted by atomic mass is 19.1. The highest BCUT2D eigenvalue weighted by Gasteiger charge is 2.14. The van der Waals surface area contributed by atoms with E-state index in [4.69, 9.17) is 0 Å². The van der Waals surface area contributed by atoms with E-state index < -0.39 is 29.9 Å². The van der Waals surface area contributed by atoms with Crippen LogP contribution < -0.4 is 0 Å². The summed E-state index contributed by atoms with van der Waals surface area (Å²) in [5.74, 6) is -2.89. The van der Waals surface area contributed by atoms with E-state index in [1.165, 1.54) is 43.3 Å². The molecular formula is C21H15F5. The molecule has 0 saturated heterocycles. The van der Waals surface area contributed by atoms with Gasteiger partial charge in [0.05, 0.1) is 12.2 Å². The number of aryl methyl sites for hydroxylation is 1. The lowest BCUT2D eigenvalue weighted by Gasteiger charge is -2.10. The third-order valence-electron chi connectivity index (χ3n) is 4.27. The first kappa shape index (κ1) is 18.1. The van der Waals surface area contributed by atoms with Gasteiger partial charge in [-0.2, -0.15) is 0 Å². The highest BCUT2D eigenvalue weighted by molar-refractivity contribution is 5.71. The Morgan fingerprint density at radius 2 is 1.15 bits per heavy atom. The van der Waals surface area contributed by atoms with Crippen LogP contribution in [0.5, 0.6) is 0 Å². The average molecular weight is 362 g/mol. The molecule has 0 nitrogen and oxygen atoms in total. The van der Waals surface area contributed by atoms with Gasteiger partial charge in [-0.3, -0.25) is 4.39 Å². The Labute approximate surface area is 147 Å². The molecule has 0 saturated carbocycles. The van der Waals surface area contributed by atoms with Gasteiger partial charge in [-0.15, -0.1) is 0 Å². The van der Waals surface area contributed by atoms with Crippen LogP contribution >= 0.6 is 0 Å². The lowest BCUT2D eigenvalue weighted by molar-refractivity contribution is 0.492. The molecule has 26 heavy (non-hydrogen) atoms. The second-order valence-corrected chi connectivity index (χ2v) is 6.02. The van der Waals surface area contributed by atoms with Crippen molar-refractivity contribution in [1.29, 1.82) is 0 Å². The number of halogens is 5. The van der Waals surface area contributed by atoms with E-state index in [9.17, 15) is 22.0 Å². The maximum Gasteiger partial charge on any atom is 0.134 e. The molecule has 0 aliphatic heterocycles. The number of hydrogen-bond donors (Lipinski definition) is 0. The minimum Gasteiger partial charge on any atom is -0.251 e. The molecule has 0 amide bonds. The van der Waals surface area contributed by atoms with E-state index in [-0.39, 0.29) is 28.7 Å². The van der Waals surface area contributed by atoms with Gasteiger partial charge in [-0.05, 0) is 53.4 Å². The summed E-state index contributed by atoms with van der Waals surface area (Å²) < 4.78 is 68.2. The van der Waals surface area contributed by atoms with Gasteiger partial charge in [0.25, 0.3) is 0 Å². The molecule has 0 N–H and O–H groups in total. The Morgan fingerprint density at radius 1 is 0.654 bits per heavy atom. The van der Waals surface area contributed by atoms with Gasteiger partial charge in [0.2, 0.25) is 0 Å². The van der Waals surface area contributed by atoms with Crippen molar-refractivity contribution in [3.63, 3.8) is 0 Å². The van der Waals surface area contributed by atoms with Crippen molar-refractivity contribution in [2.24, 2.45) is 0 Å². The van der Waals surface area contributed by atoms with Gasteiger partial charge in [-0.25, -0.2) is 17.6 Å². The number of rotatable bonds is 4. The smallest absolute Gasteiger partial charge is 0.134 e. The third-order valence-corrected chi connectivity index (χ3v) is 4.27. The Morgan fingerprint density at radius 3 is 1.65 bits per heavy atom. The van der Waals surface area contributed by atoms with E-state index in [2.05, 4.69) is 0 Å². The quantitative estimate of drug-likeness (QED) is 0.471. The molecule has 0 fully saturated rings. The number of alkyl halides is 1. The second-order valence-electron chi connectivity index (χ2n) is 6.02. The summed E-state index contributed by atoms with van der Waals surface area (Å²) in [7, 11) is 0. The minimum atomic E-state index is -0.784. The molecule has 134 valence electrons. The van der Waals surface area contributed by atoms with Crippen molar-refractivity contribution >= 4 is 0 Å². The molecule has 0 atom stereocenters. The summed E-state index contributed by atoms with van der Waals surface area (Å²) in [4.78, 5) is 0. The van der Waals surface area contributed by atoms with Crippen molar-refractivity contribution in [1.82, 2.24) is 0 Å². The van der Waals surface area contributed by atoms with Crippen LogP contribution in [0.3, 0.4) is 0 Å². The predicted octanol–water partition coefficient (Wildman–Crippen LogP) is 6.40.